The number of rotatable bonds is 0. The number of halogens is 4. The molecule has 1 nitrogen and oxygen atoms in total. The predicted octanol–water partition coefficient (Wildman–Crippen LogP) is 0.197. The van der Waals surface area contributed by atoms with Crippen molar-refractivity contribution in [3.8, 4) is 0 Å². The molecule has 0 N–H and O–H groups in total. The number of hydrogen-bond acceptors (Lipinski definition) is 1. The monoisotopic (exact) mass is 221 g/mol. The summed E-state index contributed by atoms with van der Waals surface area (Å²) < 4.78 is 50.2. The first-order valence-corrected chi connectivity index (χ1v) is 4.02. The van der Waals surface area contributed by atoms with Crippen LogP contribution in [0.15, 0.2) is 24.3 Å². The van der Waals surface area contributed by atoms with Crippen molar-refractivity contribution in [2.24, 2.45) is 0 Å². The molecule has 0 atom stereocenters. The zero-order valence-corrected chi connectivity index (χ0v) is 8.27. The largest absolute Gasteiger partial charge is 1.00 e. The maximum Gasteiger partial charge on any atom is 1.00 e. The van der Waals surface area contributed by atoms with E-state index in [2.05, 4.69) is 11.2 Å². The van der Waals surface area contributed by atoms with Crippen LogP contribution in [0.5, 0.6) is 0 Å². The van der Waals surface area contributed by atoms with Crippen LogP contribution in [0, 0.1) is 12.0 Å². The van der Waals surface area contributed by atoms with Crippen molar-refractivity contribution in [1.29, 1.82) is 0 Å². The van der Waals surface area contributed by atoms with Crippen molar-refractivity contribution in [2.45, 2.75) is 6.18 Å². The van der Waals surface area contributed by atoms with Crippen molar-refractivity contribution in [2.75, 3.05) is 0 Å². The molecule has 0 bridgehead atoms. The van der Waals surface area contributed by atoms with Crippen molar-refractivity contribution in [1.82, 2.24) is 4.98 Å². The van der Waals surface area contributed by atoms with Crippen LogP contribution < -0.4 is 18.9 Å². The molecule has 78 valence electrons. The predicted molar refractivity (Wildman–Crippen MR) is 45.5 cm³/mol. The van der Waals surface area contributed by atoms with E-state index >= 15 is 0 Å². The Hall–Kier alpha value is -1.05. The maximum absolute atomic E-state index is 12.8. The third kappa shape index (κ3) is 2.37. The summed E-state index contributed by atoms with van der Waals surface area (Å²) in [6.45, 7) is 0. The number of pyridine rings is 1. The molecule has 0 saturated heterocycles. The molecule has 1 heterocycles. The Balaban J connectivity index is 0.00000128. The second-order valence-corrected chi connectivity index (χ2v) is 2.96. The van der Waals surface area contributed by atoms with Gasteiger partial charge in [0.05, 0.1) is 0 Å². The van der Waals surface area contributed by atoms with Gasteiger partial charge in [0.2, 0.25) is 0 Å². The zero-order valence-electron chi connectivity index (χ0n) is 8.27. The van der Waals surface area contributed by atoms with Crippen LogP contribution >= 0.6 is 0 Å². The van der Waals surface area contributed by atoms with E-state index in [1.807, 2.05) is 0 Å². The minimum absolute atomic E-state index is 0. The summed E-state index contributed by atoms with van der Waals surface area (Å²) in [5.41, 5.74) is -0.849. The van der Waals surface area contributed by atoms with Gasteiger partial charge in [0, 0.05) is 0 Å². The van der Waals surface area contributed by atoms with E-state index in [0.717, 1.165) is 12.1 Å². The van der Waals surface area contributed by atoms with Crippen LogP contribution in [-0.4, -0.2) is 4.98 Å². The molecular formula is C10H4F4LiN. The average Bonchev–Trinajstić information content (AvgIpc) is 2.15. The molecule has 0 unspecified atom stereocenters. The zero-order chi connectivity index (χ0) is 11.1. The summed E-state index contributed by atoms with van der Waals surface area (Å²) in [6, 6.07) is 3.78. The van der Waals surface area contributed by atoms with Gasteiger partial charge in [0.1, 0.15) is 5.82 Å². The fraction of sp³-hybridized carbons (Fsp3) is 0.100. The van der Waals surface area contributed by atoms with E-state index in [9.17, 15) is 17.6 Å². The fourth-order valence-electron chi connectivity index (χ4n) is 1.30. The topological polar surface area (TPSA) is 12.9 Å². The molecule has 16 heavy (non-hydrogen) atoms. The van der Waals surface area contributed by atoms with Crippen LogP contribution in [-0.2, 0) is 6.18 Å². The van der Waals surface area contributed by atoms with Gasteiger partial charge in [-0.15, -0.1) is 6.07 Å². The number of nitrogens with zero attached hydrogens (tertiary/aromatic N) is 1. The van der Waals surface area contributed by atoms with Gasteiger partial charge in [-0.05, 0) is 23.2 Å². The van der Waals surface area contributed by atoms with E-state index in [0.29, 0.717) is 6.07 Å². The SMILES string of the molecule is Fc1ccc2n[c-]cc(C(F)(F)F)c2c1.[Li+]. The van der Waals surface area contributed by atoms with E-state index in [-0.39, 0.29) is 29.8 Å². The first-order chi connectivity index (χ1) is 6.98. The minimum atomic E-state index is -4.52. The summed E-state index contributed by atoms with van der Waals surface area (Å²) in [6.07, 6.45) is -2.38. The Kier molecular flexibility index (Phi) is 3.61. The van der Waals surface area contributed by atoms with Crippen LogP contribution in [0.3, 0.4) is 0 Å². The molecule has 0 aliphatic heterocycles. The summed E-state index contributed by atoms with van der Waals surface area (Å²) in [4.78, 5) is 3.60. The standard InChI is InChI=1S/C10H4F4N.Li/c11-6-1-2-9-7(5-6)8(3-4-15-9)10(12,13)14;/h1-3,5H;/q-1;+1. The Morgan fingerprint density at radius 1 is 1.19 bits per heavy atom. The van der Waals surface area contributed by atoms with Crippen LogP contribution in [0.25, 0.3) is 10.9 Å². The molecule has 6 heteroatoms. The van der Waals surface area contributed by atoms with E-state index in [1.165, 1.54) is 6.07 Å². The van der Waals surface area contributed by atoms with Gasteiger partial charge in [-0.25, -0.2) is 4.39 Å². The Labute approximate surface area is 101 Å². The number of hydrogen-bond donors (Lipinski definition) is 0. The Morgan fingerprint density at radius 3 is 2.50 bits per heavy atom. The average molecular weight is 221 g/mol. The summed E-state index contributed by atoms with van der Waals surface area (Å²) in [7, 11) is 0. The molecule has 0 amide bonds. The molecule has 0 radical (unpaired) electrons. The van der Waals surface area contributed by atoms with E-state index < -0.39 is 17.6 Å². The molecule has 2 aromatic rings. The summed E-state index contributed by atoms with van der Waals surface area (Å²) in [5, 5.41) is -0.249. The van der Waals surface area contributed by atoms with Crippen LogP contribution in [0.1, 0.15) is 5.56 Å². The van der Waals surface area contributed by atoms with Gasteiger partial charge >= 0.3 is 25.0 Å². The van der Waals surface area contributed by atoms with Gasteiger partial charge in [-0.3, -0.25) is 0 Å². The second-order valence-electron chi connectivity index (χ2n) is 2.96. The molecule has 0 saturated carbocycles. The van der Waals surface area contributed by atoms with E-state index in [4.69, 9.17) is 0 Å². The quantitative estimate of drug-likeness (QED) is 0.351. The van der Waals surface area contributed by atoms with Crippen molar-refractivity contribution in [3.63, 3.8) is 0 Å². The van der Waals surface area contributed by atoms with Gasteiger partial charge in [-0.2, -0.15) is 13.2 Å². The van der Waals surface area contributed by atoms with Crippen LogP contribution in [0.4, 0.5) is 17.6 Å². The molecule has 0 fully saturated rings. The molecular weight excluding hydrogens is 217 g/mol. The number of fused-ring (bicyclic) bond motifs is 1. The van der Waals surface area contributed by atoms with E-state index in [1.54, 1.807) is 0 Å². The molecule has 1 aromatic carbocycles. The third-order valence-electron chi connectivity index (χ3n) is 1.95. The molecule has 2 rings (SSSR count). The molecule has 0 spiro atoms. The molecule has 1 aromatic heterocycles. The summed E-state index contributed by atoms with van der Waals surface area (Å²) in [5.74, 6) is -0.721. The maximum atomic E-state index is 12.8. The van der Waals surface area contributed by atoms with Gasteiger partial charge < -0.3 is 4.98 Å². The smallest absolute Gasteiger partial charge is 0.386 e. The first-order valence-electron chi connectivity index (χ1n) is 4.02. The second kappa shape index (κ2) is 4.44. The van der Waals surface area contributed by atoms with Crippen molar-refractivity contribution >= 4 is 10.9 Å². The number of benzene rings is 1. The summed E-state index contributed by atoms with van der Waals surface area (Å²) >= 11 is 0. The minimum Gasteiger partial charge on any atom is -0.386 e. The van der Waals surface area contributed by atoms with Gasteiger partial charge in [0.25, 0.3) is 0 Å². The third-order valence-corrected chi connectivity index (χ3v) is 1.95. The van der Waals surface area contributed by atoms with Crippen molar-refractivity contribution < 1.29 is 36.4 Å². The van der Waals surface area contributed by atoms with Crippen molar-refractivity contribution in [3.05, 3.63) is 41.8 Å². The number of alkyl halides is 3. The first kappa shape index (κ1) is 13.0. The molecule has 0 aliphatic carbocycles. The molecule has 0 aliphatic rings. The fourth-order valence-corrected chi connectivity index (χ4v) is 1.30. The normalized spacial score (nSPS) is 11.2. The number of aromatic nitrogens is 1. The van der Waals surface area contributed by atoms with Gasteiger partial charge in [0.15, 0.2) is 0 Å². The Morgan fingerprint density at radius 2 is 1.88 bits per heavy atom. The van der Waals surface area contributed by atoms with Gasteiger partial charge in [-0.1, -0.05) is 17.6 Å². The van der Waals surface area contributed by atoms with Crippen LogP contribution in [0.2, 0.25) is 0 Å². The Bertz CT molecular complexity index is 510.